The van der Waals surface area contributed by atoms with Crippen molar-refractivity contribution in [1.82, 2.24) is 10.6 Å². The zero-order chi connectivity index (χ0) is 44.5. The predicted molar refractivity (Wildman–Crippen MR) is 224 cm³/mol. The van der Waals surface area contributed by atoms with Gasteiger partial charge in [-0.1, -0.05) is 60.7 Å². The van der Waals surface area contributed by atoms with Crippen LogP contribution in [0.25, 0.3) is 0 Å². The summed E-state index contributed by atoms with van der Waals surface area (Å²) in [7, 11) is 1.30. The van der Waals surface area contributed by atoms with Gasteiger partial charge in [0, 0.05) is 26.2 Å². The number of ether oxygens (including phenoxy) is 5. The molecule has 0 radical (unpaired) electrons. The van der Waals surface area contributed by atoms with Gasteiger partial charge in [0.2, 0.25) is 0 Å². The van der Waals surface area contributed by atoms with Crippen LogP contribution in [0.2, 0.25) is 0 Å². The minimum Gasteiger partial charge on any atom is -0.478 e. The Hall–Kier alpha value is -7.10. The molecule has 2 aliphatic rings. The standard InChI is InChI=1S/C23H26N2O6.C22H24N2O6/c1-15-12-19-18(13-17(15)20(26)29-4)25(21(27)23(2,3)31-19)11-10-24-22(28)30-14-16-8-6-5-7-9-16;1-14-11-18-17(12-16(14)19(25)26)24(20(27)22(2,3)30-18)10-9-23-21(28)29-13-15-7-5-4-6-8-15/h5-9,12-13H,10-11,14H2,1-4H3,(H,24,28);4-8,11-12H,9-10,13H2,1-3H3,(H,23,28)(H,25,26). The van der Waals surface area contributed by atoms with Crippen molar-refractivity contribution in [1.29, 1.82) is 0 Å². The minimum absolute atomic E-state index is 0.0880. The van der Waals surface area contributed by atoms with Crippen LogP contribution in [-0.2, 0) is 37.0 Å². The fraction of sp³-hybridized carbons (Fsp3) is 0.333. The van der Waals surface area contributed by atoms with Crippen LogP contribution in [0, 0.1) is 13.8 Å². The summed E-state index contributed by atoms with van der Waals surface area (Å²) in [5.74, 6) is -1.28. The molecule has 0 unspecified atom stereocenters. The molecule has 0 atom stereocenters. The lowest BCUT2D eigenvalue weighted by atomic mass is 10.0. The summed E-state index contributed by atoms with van der Waals surface area (Å²) in [5, 5.41) is 14.7. The number of rotatable bonds is 12. The van der Waals surface area contributed by atoms with Gasteiger partial charge in [-0.05, 0) is 88.1 Å². The highest BCUT2D eigenvalue weighted by Gasteiger charge is 2.42. The summed E-state index contributed by atoms with van der Waals surface area (Å²) >= 11 is 0. The maximum atomic E-state index is 13.0. The van der Waals surface area contributed by atoms with Gasteiger partial charge in [-0.3, -0.25) is 9.59 Å². The van der Waals surface area contributed by atoms with E-state index in [1.54, 1.807) is 59.7 Å². The molecule has 0 saturated carbocycles. The summed E-state index contributed by atoms with van der Waals surface area (Å²) in [6.07, 6.45) is -1.18. The number of benzene rings is 4. The first-order valence-electron chi connectivity index (χ1n) is 19.4. The van der Waals surface area contributed by atoms with Crippen LogP contribution in [0.1, 0.15) is 70.7 Å². The van der Waals surface area contributed by atoms with Gasteiger partial charge in [0.1, 0.15) is 24.7 Å². The molecule has 322 valence electrons. The lowest BCUT2D eigenvalue weighted by molar-refractivity contribution is -0.133. The highest BCUT2D eigenvalue weighted by Crippen LogP contribution is 2.41. The van der Waals surface area contributed by atoms with E-state index in [1.165, 1.54) is 23.0 Å². The van der Waals surface area contributed by atoms with Crippen LogP contribution < -0.4 is 29.9 Å². The van der Waals surface area contributed by atoms with Crippen molar-refractivity contribution in [2.75, 3.05) is 43.1 Å². The molecule has 4 aromatic carbocycles. The van der Waals surface area contributed by atoms with E-state index in [2.05, 4.69) is 10.6 Å². The number of alkyl carbamates (subject to hydrolysis) is 2. The van der Waals surface area contributed by atoms with E-state index in [4.69, 9.17) is 23.7 Å². The largest absolute Gasteiger partial charge is 0.478 e. The third-order valence-electron chi connectivity index (χ3n) is 9.71. The fourth-order valence-corrected chi connectivity index (χ4v) is 6.52. The summed E-state index contributed by atoms with van der Waals surface area (Å²) < 4.78 is 26.9. The van der Waals surface area contributed by atoms with Crippen LogP contribution in [0.5, 0.6) is 11.5 Å². The average molecular weight is 839 g/mol. The summed E-state index contributed by atoms with van der Waals surface area (Å²) in [5.41, 5.74) is 2.01. The molecule has 4 amide bonds. The normalized spacial score (nSPS) is 14.4. The number of anilines is 2. The van der Waals surface area contributed by atoms with Gasteiger partial charge in [-0.2, -0.15) is 0 Å². The molecule has 3 N–H and O–H groups in total. The third-order valence-corrected chi connectivity index (χ3v) is 9.71. The van der Waals surface area contributed by atoms with E-state index in [0.717, 1.165) is 11.1 Å². The fourth-order valence-electron chi connectivity index (χ4n) is 6.52. The second-order valence-corrected chi connectivity index (χ2v) is 15.2. The van der Waals surface area contributed by atoms with Gasteiger partial charge in [0.15, 0.2) is 11.2 Å². The Morgan fingerprint density at radius 3 is 1.43 bits per heavy atom. The molecule has 16 nitrogen and oxygen atoms in total. The number of nitrogens with one attached hydrogen (secondary N) is 2. The molecule has 4 aromatic rings. The maximum Gasteiger partial charge on any atom is 0.407 e. The number of aromatic carboxylic acids is 1. The zero-order valence-corrected chi connectivity index (χ0v) is 35.2. The van der Waals surface area contributed by atoms with Crippen molar-refractivity contribution >= 4 is 47.3 Å². The molecule has 61 heavy (non-hydrogen) atoms. The van der Waals surface area contributed by atoms with E-state index in [9.17, 15) is 33.9 Å². The number of amides is 4. The van der Waals surface area contributed by atoms with Gasteiger partial charge in [0.05, 0.1) is 29.6 Å². The molecular weight excluding hydrogens is 789 g/mol. The second-order valence-electron chi connectivity index (χ2n) is 15.2. The molecule has 0 fully saturated rings. The molecular formula is C45H50N4O12. The number of nitrogens with zero attached hydrogens (tertiary/aromatic N) is 2. The maximum absolute atomic E-state index is 13.0. The van der Waals surface area contributed by atoms with E-state index >= 15 is 0 Å². The van der Waals surface area contributed by atoms with Gasteiger partial charge in [-0.15, -0.1) is 0 Å². The van der Waals surface area contributed by atoms with Gasteiger partial charge >= 0.3 is 24.1 Å². The summed E-state index contributed by atoms with van der Waals surface area (Å²) in [6, 6.07) is 24.9. The molecule has 0 bridgehead atoms. The summed E-state index contributed by atoms with van der Waals surface area (Å²) in [4.78, 5) is 76.3. The smallest absolute Gasteiger partial charge is 0.407 e. The first kappa shape index (κ1) is 45.0. The van der Waals surface area contributed by atoms with Gasteiger partial charge in [-0.25, -0.2) is 19.2 Å². The van der Waals surface area contributed by atoms with Crippen molar-refractivity contribution in [2.45, 2.75) is 66.0 Å². The van der Waals surface area contributed by atoms with E-state index in [-0.39, 0.29) is 56.8 Å². The first-order valence-corrected chi connectivity index (χ1v) is 19.4. The number of carboxylic acids is 1. The number of methoxy groups -OCH3 is 1. The average Bonchev–Trinajstić information content (AvgIpc) is 3.22. The number of carbonyl (C=O) groups is 6. The van der Waals surface area contributed by atoms with E-state index in [0.29, 0.717) is 39.6 Å². The molecule has 0 aliphatic carbocycles. The molecule has 0 saturated heterocycles. The van der Waals surface area contributed by atoms with Gasteiger partial charge < -0.3 is 49.2 Å². The quantitative estimate of drug-likeness (QED) is 0.106. The number of hydrogen-bond acceptors (Lipinski definition) is 11. The monoisotopic (exact) mass is 838 g/mol. The van der Waals surface area contributed by atoms with Crippen LogP contribution >= 0.6 is 0 Å². The van der Waals surface area contributed by atoms with Crippen molar-refractivity contribution in [3.8, 4) is 11.5 Å². The van der Waals surface area contributed by atoms with Gasteiger partial charge in [0.25, 0.3) is 11.8 Å². The minimum atomic E-state index is -1.11. The van der Waals surface area contributed by atoms with Crippen molar-refractivity contribution in [2.24, 2.45) is 0 Å². The number of carbonyl (C=O) groups excluding carboxylic acids is 5. The topological polar surface area (TPSA) is 199 Å². The predicted octanol–water partition coefficient (Wildman–Crippen LogP) is 6.34. The van der Waals surface area contributed by atoms with E-state index in [1.807, 2.05) is 60.7 Å². The van der Waals surface area contributed by atoms with Crippen molar-refractivity contribution in [3.05, 3.63) is 118 Å². The lowest BCUT2D eigenvalue weighted by Gasteiger charge is -2.39. The van der Waals surface area contributed by atoms with Crippen molar-refractivity contribution in [3.63, 3.8) is 0 Å². The molecule has 16 heteroatoms. The Balaban J connectivity index is 0.000000231. The van der Waals surface area contributed by atoms with Crippen LogP contribution in [0.4, 0.5) is 21.0 Å². The zero-order valence-electron chi connectivity index (χ0n) is 35.2. The Morgan fingerprint density at radius 2 is 1.03 bits per heavy atom. The Bertz CT molecular complexity index is 2280. The Morgan fingerprint density at radius 1 is 0.639 bits per heavy atom. The third kappa shape index (κ3) is 11.1. The molecule has 0 spiro atoms. The number of hydrogen-bond donors (Lipinski definition) is 3. The molecule has 2 heterocycles. The summed E-state index contributed by atoms with van der Waals surface area (Å²) in [6.45, 7) is 11.0. The highest BCUT2D eigenvalue weighted by atomic mass is 16.6. The van der Waals surface area contributed by atoms with Crippen LogP contribution in [0.3, 0.4) is 0 Å². The molecule has 6 rings (SSSR count). The van der Waals surface area contributed by atoms with Crippen LogP contribution in [0.15, 0.2) is 84.9 Å². The molecule has 2 aliphatic heterocycles. The SMILES string of the molecule is COC(=O)c1cc2c(cc1C)OC(C)(C)C(=O)N2CCNC(=O)OCc1ccccc1.Cc1cc2c(cc1C(=O)O)N(CCNC(=O)OCc1ccccc1)C(=O)C(C)(C)O2. The Kier molecular flexibility index (Phi) is 14.2. The van der Waals surface area contributed by atoms with E-state index < -0.39 is 35.3 Å². The lowest BCUT2D eigenvalue weighted by Crippen LogP contribution is -2.54. The van der Waals surface area contributed by atoms with Crippen molar-refractivity contribution < 1.29 is 57.6 Å². The highest BCUT2D eigenvalue weighted by molar-refractivity contribution is 6.05. The second kappa shape index (κ2) is 19.3. The number of aryl methyl sites for hydroxylation is 2. The number of esters is 1. The Labute approximate surface area is 353 Å². The number of carboxylic acid groups (broad SMARTS) is 1. The first-order chi connectivity index (χ1) is 28.9. The molecule has 0 aromatic heterocycles. The van der Waals surface area contributed by atoms with Crippen LogP contribution in [-0.4, -0.2) is 85.5 Å². The number of fused-ring (bicyclic) bond motifs is 2.